The van der Waals surface area contributed by atoms with E-state index in [0.29, 0.717) is 5.75 Å². The van der Waals surface area contributed by atoms with Crippen LogP contribution in [0.5, 0.6) is 0 Å². The molecule has 0 aliphatic heterocycles. The van der Waals surface area contributed by atoms with Crippen LogP contribution in [0.25, 0.3) is 0 Å². The summed E-state index contributed by atoms with van der Waals surface area (Å²) in [6.45, 7) is 2.25. The fraction of sp³-hybridized carbons (Fsp3) is 1.00. The fourth-order valence-electron chi connectivity index (χ4n) is 2.00. The van der Waals surface area contributed by atoms with Gasteiger partial charge in [-0.15, -0.1) is 0 Å². The monoisotopic (exact) mass is 312 g/mol. The zero-order valence-corrected chi connectivity index (χ0v) is 14.3. The van der Waals surface area contributed by atoms with Crippen molar-refractivity contribution < 1.29 is 14.7 Å². The molecule has 0 fully saturated rings. The molecular weight excluding hydrogens is 279 g/mol. The maximum atomic E-state index is 8.83. The molecule has 0 saturated carbocycles. The van der Waals surface area contributed by atoms with E-state index in [9.17, 15) is 0 Å². The van der Waals surface area contributed by atoms with Crippen LogP contribution in [-0.4, -0.2) is 32.3 Å². The van der Waals surface area contributed by atoms with Gasteiger partial charge in [0.25, 0.3) is 0 Å². The molecule has 0 aromatic heterocycles. The Bertz CT molecular complexity index is 186. The first-order chi connectivity index (χ1) is 9.06. The van der Waals surface area contributed by atoms with Crippen molar-refractivity contribution in [3.63, 3.8) is 0 Å². The summed E-state index contributed by atoms with van der Waals surface area (Å²) in [6.07, 6.45) is 13.6. The summed E-state index contributed by atoms with van der Waals surface area (Å²) in [5, 5.41) is 0. The van der Waals surface area contributed by atoms with Crippen LogP contribution in [0.4, 0.5) is 0 Å². The van der Waals surface area contributed by atoms with E-state index in [4.69, 9.17) is 14.7 Å². The van der Waals surface area contributed by atoms with Gasteiger partial charge in [0, 0.05) is 0 Å². The van der Waals surface area contributed by atoms with E-state index >= 15 is 0 Å². The van der Waals surface area contributed by atoms with Crippen molar-refractivity contribution in [2.24, 2.45) is 0 Å². The van der Waals surface area contributed by atoms with Gasteiger partial charge in [0.1, 0.15) is 0 Å². The summed E-state index contributed by atoms with van der Waals surface area (Å²) in [7, 11) is -3.78. The van der Waals surface area contributed by atoms with Crippen molar-refractivity contribution in [3.05, 3.63) is 0 Å². The zero-order valence-electron chi connectivity index (χ0n) is 12.4. The van der Waals surface area contributed by atoms with Gasteiger partial charge in [0.2, 0.25) is 0 Å². The Balaban J connectivity index is 2.99. The molecule has 0 aliphatic carbocycles. The Morgan fingerprint density at radius 1 is 0.684 bits per heavy atom. The Labute approximate surface area is 123 Å². The van der Waals surface area contributed by atoms with E-state index in [0.717, 1.165) is 5.75 Å². The molecule has 0 amide bonds. The van der Waals surface area contributed by atoms with Crippen molar-refractivity contribution in [1.82, 2.24) is 0 Å². The summed E-state index contributed by atoms with van der Waals surface area (Å²) in [5.41, 5.74) is 0. The van der Waals surface area contributed by atoms with Crippen LogP contribution in [0, 0.1) is 0 Å². The Kier molecular flexibility index (Phi) is 14.1. The predicted molar refractivity (Wildman–Crippen MR) is 89.0 cm³/mol. The van der Waals surface area contributed by atoms with E-state index < -0.39 is 7.94 Å². The minimum atomic E-state index is -3.78. The SMILES string of the molecule is CCCCCCCCCCCCSCC[PH](O)(O)O. The third-order valence-electron chi connectivity index (χ3n) is 3.22. The second-order valence-corrected chi connectivity index (χ2v) is 8.59. The molecule has 0 spiro atoms. The molecule has 0 radical (unpaired) electrons. The molecule has 19 heavy (non-hydrogen) atoms. The second kappa shape index (κ2) is 13.6. The maximum absolute atomic E-state index is 8.83. The molecule has 0 aromatic rings. The third-order valence-corrected chi connectivity index (χ3v) is 5.58. The molecule has 0 aliphatic rings. The van der Waals surface area contributed by atoms with E-state index in [-0.39, 0.29) is 6.16 Å². The number of unbranched alkanes of at least 4 members (excludes halogenated alkanes) is 9. The van der Waals surface area contributed by atoms with Crippen LogP contribution < -0.4 is 0 Å². The summed E-state index contributed by atoms with van der Waals surface area (Å²) >= 11 is 1.71. The quantitative estimate of drug-likeness (QED) is 0.334. The Morgan fingerprint density at radius 2 is 1.16 bits per heavy atom. The topological polar surface area (TPSA) is 60.7 Å². The zero-order chi connectivity index (χ0) is 14.4. The minimum absolute atomic E-state index is 0.162. The Morgan fingerprint density at radius 3 is 1.63 bits per heavy atom. The average molecular weight is 312 g/mol. The van der Waals surface area contributed by atoms with Crippen LogP contribution in [0.2, 0.25) is 0 Å². The van der Waals surface area contributed by atoms with Crippen LogP contribution >= 0.6 is 19.7 Å². The van der Waals surface area contributed by atoms with Gasteiger partial charge in [0.05, 0.1) is 0 Å². The third kappa shape index (κ3) is 18.7. The normalized spacial score (nSPS) is 12.8. The van der Waals surface area contributed by atoms with E-state index in [1.54, 1.807) is 11.8 Å². The molecule has 0 heterocycles. The van der Waals surface area contributed by atoms with Crippen LogP contribution in [0.15, 0.2) is 0 Å². The van der Waals surface area contributed by atoms with Crippen molar-refractivity contribution in [2.45, 2.75) is 71.1 Å². The van der Waals surface area contributed by atoms with E-state index in [1.807, 2.05) is 0 Å². The van der Waals surface area contributed by atoms with E-state index in [1.165, 1.54) is 64.2 Å². The Hall–Kier alpha value is 0.660. The molecule has 5 heteroatoms. The van der Waals surface area contributed by atoms with Gasteiger partial charge in [0.15, 0.2) is 0 Å². The fourth-order valence-corrected chi connectivity index (χ4v) is 4.29. The molecular formula is C14H33O3PS. The molecule has 0 aromatic carbocycles. The van der Waals surface area contributed by atoms with Crippen molar-refractivity contribution in [2.75, 3.05) is 17.7 Å². The van der Waals surface area contributed by atoms with Gasteiger partial charge in [-0.2, -0.15) is 0 Å². The average Bonchev–Trinajstić information content (AvgIpc) is 2.34. The number of thioether (sulfide) groups is 1. The van der Waals surface area contributed by atoms with Crippen molar-refractivity contribution in [1.29, 1.82) is 0 Å². The summed E-state index contributed by atoms with van der Waals surface area (Å²) in [6, 6.07) is 0. The molecule has 0 unspecified atom stereocenters. The molecule has 118 valence electrons. The first-order valence-corrected chi connectivity index (χ1v) is 11.0. The summed E-state index contributed by atoms with van der Waals surface area (Å²) < 4.78 is 0. The predicted octanol–water partition coefficient (Wildman–Crippen LogP) is 4.11. The van der Waals surface area contributed by atoms with Crippen molar-refractivity contribution >= 4 is 19.7 Å². The van der Waals surface area contributed by atoms with Gasteiger partial charge in [-0.3, -0.25) is 0 Å². The first-order valence-electron chi connectivity index (χ1n) is 7.81. The standard InChI is InChI=1S/C14H33O3PS/c1-2-3-4-5-6-7-8-9-10-11-13-19-14-12-18(15,16)17/h15-18H,2-14H2,1H3. The first kappa shape index (κ1) is 19.7. The second-order valence-electron chi connectivity index (χ2n) is 5.32. The van der Waals surface area contributed by atoms with Gasteiger partial charge in [-0.1, -0.05) is 19.8 Å². The van der Waals surface area contributed by atoms with Crippen molar-refractivity contribution in [3.8, 4) is 0 Å². The number of hydrogen-bond acceptors (Lipinski definition) is 4. The number of rotatable bonds is 14. The van der Waals surface area contributed by atoms with Gasteiger partial charge in [-0.05, 0) is 0 Å². The van der Waals surface area contributed by atoms with Gasteiger partial charge >= 0.3 is 103 Å². The molecule has 0 rings (SSSR count). The molecule has 3 N–H and O–H groups in total. The molecule has 0 atom stereocenters. The van der Waals surface area contributed by atoms with Crippen LogP contribution in [-0.2, 0) is 0 Å². The van der Waals surface area contributed by atoms with Crippen LogP contribution in [0.1, 0.15) is 71.1 Å². The number of hydrogen-bond donors (Lipinski definition) is 3. The summed E-state index contributed by atoms with van der Waals surface area (Å²) in [5.74, 6) is 1.73. The van der Waals surface area contributed by atoms with Gasteiger partial charge < -0.3 is 0 Å². The van der Waals surface area contributed by atoms with Crippen LogP contribution in [0.3, 0.4) is 0 Å². The van der Waals surface area contributed by atoms with E-state index in [2.05, 4.69) is 6.92 Å². The summed E-state index contributed by atoms with van der Waals surface area (Å²) in [4.78, 5) is 26.5. The molecule has 0 saturated heterocycles. The van der Waals surface area contributed by atoms with Gasteiger partial charge in [-0.25, -0.2) is 0 Å². The molecule has 0 bridgehead atoms. The molecule has 3 nitrogen and oxygen atoms in total.